The first-order chi connectivity index (χ1) is 17.9. The fourth-order valence-corrected chi connectivity index (χ4v) is 4.15. The SMILES string of the molecule is CC1=CCC(NC(=O)c2ccc3ccccc3c2)C=C1C(=O)Nc1cnc(Nc2cccc(N)c2)nc1. The van der Waals surface area contributed by atoms with Crippen LogP contribution >= 0.6 is 0 Å². The highest BCUT2D eigenvalue weighted by atomic mass is 16.2. The molecule has 2 amide bonds. The van der Waals surface area contributed by atoms with E-state index in [0.717, 1.165) is 22.0 Å². The molecular weight excluding hydrogens is 464 g/mol. The minimum Gasteiger partial charge on any atom is -0.399 e. The predicted octanol–water partition coefficient (Wildman–Crippen LogP) is 4.97. The summed E-state index contributed by atoms with van der Waals surface area (Å²) in [6, 6.07) is 20.5. The number of anilines is 4. The van der Waals surface area contributed by atoms with E-state index in [1.54, 1.807) is 18.2 Å². The number of rotatable bonds is 6. The van der Waals surface area contributed by atoms with Crippen molar-refractivity contribution < 1.29 is 9.59 Å². The van der Waals surface area contributed by atoms with E-state index in [1.165, 1.54) is 12.4 Å². The van der Waals surface area contributed by atoms with Crippen LogP contribution < -0.4 is 21.7 Å². The van der Waals surface area contributed by atoms with Crippen LogP contribution in [-0.4, -0.2) is 27.8 Å². The third-order valence-electron chi connectivity index (χ3n) is 6.10. The summed E-state index contributed by atoms with van der Waals surface area (Å²) in [6.07, 6.45) is 7.41. The highest BCUT2D eigenvalue weighted by Gasteiger charge is 2.21. The Morgan fingerprint density at radius 1 is 0.892 bits per heavy atom. The molecule has 1 aliphatic rings. The van der Waals surface area contributed by atoms with Crippen molar-refractivity contribution in [2.45, 2.75) is 19.4 Å². The zero-order chi connectivity index (χ0) is 25.8. The third kappa shape index (κ3) is 5.65. The minimum absolute atomic E-state index is 0.184. The van der Waals surface area contributed by atoms with Crippen LogP contribution in [0.5, 0.6) is 0 Å². The van der Waals surface area contributed by atoms with Crippen molar-refractivity contribution in [1.29, 1.82) is 0 Å². The van der Waals surface area contributed by atoms with E-state index in [-0.39, 0.29) is 17.9 Å². The zero-order valence-electron chi connectivity index (χ0n) is 20.2. The van der Waals surface area contributed by atoms with Gasteiger partial charge in [-0.3, -0.25) is 9.59 Å². The van der Waals surface area contributed by atoms with E-state index in [0.29, 0.717) is 34.9 Å². The van der Waals surface area contributed by atoms with Gasteiger partial charge in [0.05, 0.1) is 24.1 Å². The summed E-state index contributed by atoms with van der Waals surface area (Å²) in [5, 5.41) is 11.0. The number of nitrogens with two attached hydrogens (primary N) is 1. The van der Waals surface area contributed by atoms with Gasteiger partial charge in [-0.25, -0.2) is 9.97 Å². The Morgan fingerprint density at radius 3 is 2.46 bits per heavy atom. The molecule has 1 heterocycles. The molecule has 0 bridgehead atoms. The number of fused-ring (bicyclic) bond motifs is 1. The Kier molecular flexibility index (Phi) is 6.63. The summed E-state index contributed by atoms with van der Waals surface area (Å²) in [4.78, 5) is 34.4. The number of benzene rings is 3. The van der Waals surface area contributed by atoms with Gasteiger partial charge in [-0.15, -0.1) is 0 Å². The maximum Gasteiger partial charge on any atom is 0.255 e. The number of nitrogen functional groups attached to an aromatic ring is 1. The Hall–Kier alpha value is -4.98. The lowest BCUT2D eigenvalue weighted by atomic mass is 9.95. The van der Waals surface area contributed by atoms with Crippen LogP contribution in [0.25, 0.3) is 10.8 Å². The molecule has 0 radical (unpaired) electrons. The molecule has 0 saturated carbocycles. The molecule has 1 atom stereocenters. The first-order valence-corrected chi connectivity index (χ1v) is 11.9. The monoisotopic (exact) mass is 490 g/mol. The standard InChI is InChI=1S/C29H26N6O2/c1-18-9-12-24(33-27(36)21-11-10-19-5-2-3-6-20(19)13-21)15-26(18)28(37)34-25-16-31-29(32-17-25)35-23-8-4-7-22(30)14-23/h2-11,13-17,24H,12,30H2,1H3,(H,33,36)(H,34,37)(H,31,32,35). The van der Waals surface area contributed by atoms with Gasteiger partial charge < -0.3 is 21.7 Å². The van der Waals surface area contributed by atoms with E-state index in [1.807, 2.05) is 67.6 Å². The van der Waals surface area contributed by atoms with Gasteiger partial charge in [-0.1, -0.05) is 42.5 Å². The van der Waals surface area contributed by atoms with Crippen LogP contribution in [0.1, 0.15) is 23.7 Å². The van der Waals surface area contributed by atoms with E-state index in [9.17, 15) is 9.59 Å². The Balaban J connectivity index is 1.24. The molecule has 5 rings (SSSR count). The van der Waals surface area contributed by atoms with Gasteiger partial charge in [0.25, 0.3) is 11.8 Å². The predicted molar refractivity (Wildman–Crippen MR) is 146 cm³/mol. The molecule has 0 fully saturated rings. The van der Waals surface area contributed by atoms with Crippen LogP contribution in [-0.2, 0) is 4.79 Å². The van der Waals surface area contributed by atoms with Crippen LogP contribution in [0.2, 0.25) is 0 Å². The quantitative estimate of drug-likeness (QED) is 0.283. The first-order valence-electron chi connectivity index (χ1n) is 11.9. The fourth-order valence-electron chi connectivity index (χ4n) is 4.15. The second-order valence-corrected chi connectivity index (χ2v) is 8.84. The number of carbonyl (C=O) groups is 2. The molecule has 1 aliphatic carbocycles. The summed E-state index contributed by atoms with van der Waals surface area (Å²) < 4.78 is 0. The molecule has 5 N–H and O–H groups in total. The maximum absolute atomic E-state index is 13.0. The number of nitrogens with zero attached hydrogens (tertiary/aromatic N) is 2. The summed E-state index contributed by atoms with van der Waals surface area (Å²) in [7, 11) is 0. The van der Waals surface area contributed by atoms with Crippen molar-refractivity contribution in [2.24, 2.45) is 0 Å². The highest BCUT2D eigenvalue weighted by Crippen LogP contribution is 2.22. The lowest BCUT2D eigenvalue weighted by molar-refractivity contribution is -0.112. The number of hydrogen-bond donors (Lipinski definition) is 4. The molecule has 8 nitrogen and oxygen atoms in total. The number of aromatic nitrogens is 2. The van der Waals surface area contributed by atoms with Crippen LogP contribution in [0, 0.1) is 0 Å². The van der Waals surface area contributed by atoms with Crippen molar-refractivity contribution in [1.82, 2.24) is 15.3 Å². The average Bonchev–Trinajstić information content (AvgIpc) is 2.90. The molecule has 3 aromatic carbocycles. The topological polar surface area (TPSA) is 122 Å². The smallest absolute Gasteiger partial charge is 0.255 e. The number of carbonyl (C=O) groups excluding carboxylic acids is 2. The molecule has 0 saturated heterocycles. The minimum atomic E-state index is -0.301. The number of nitrogens with one attached hydrogen (secondary N) is 3. The lowest BCUT2D eigenvalue weighted by Crippen LogP contribution is -2.35. The third-order valence-corrected chi connectivity index (χ3v) is 6.10. The summed E-state index contributed by atoms with van der Waals surface area (Å²) in [5.41, 5.74) is 9.57. The molecule has 4 aromatic rings. The van der Waals surface area contributed by atoms with Crippen molar-refractivity contribution >= 4 is 45.6 Å². The van der Waals surface area contributed by atoms with Gasteiger partial charge >= 0.3 is 0 Å². The second kappa shape index (κ2) is 10.3. The maximum atomic E-state index is 13.0. The molecule has 1 unspecified atom stereocenters. The molecule has 184 valence electrons. The van der Waals surface area contributed by atoms with Crippen LogP contribution in [0.4, 0.5) is 23.0 Å². The van der Waals surface area contributed by atoms with Crippen LogP contribution in [0.15, 0.2) is 102 Å². The van der Waals surface area contributed by atoms with Crippen molar-refractivity contribution in [2.75, 3.05) is 16.4 Å². The van der Waals surface area contributed by atoms with E-state index < -0.39 is 0 Å². The summed E-state index contributed by atoms with van der Waals surface area (Å²) in [5.74, 6) is -0.0945. The van der Waals surface area contributed by atoms with Gasteiger partial charge in [-0.05, 0) is 66.1 Å². The van der Waals surface area contributed by atoms with Crippen molar-refractivity contribution in [3.63, 3.8) is 0 Å². The summed E-state index contributed by atoms with van der Waals surface area (Å²) >= 11 is 0. The Labute approximate surface area is 214 Å². The van der Waals surface area contributed by atoms with Crippen LogP contribution in [0.3, 0.4) is 0 Å². The lowest BCUT2D eigenvalue weighted by Gasteiger charge is -2.21. The van der Waals surface area contributed by atoms with Crippen molar-refractivity contribution in [3.05, 3.63) is 108 Å². The molecule has 1 aromatic heterocycles. The van der Waals surface area contributed by atoms with Gasteiger partial charge in [-0.2, -0.15) is 0 Å². The molecule has 37 heavy (non-hydrogen) atoms. The molecule has 8 heteroatoms. The Morgan fingerprint density at radius 2 is 1.68 bits per heavy atom. The fraction of sp³-hybridized carbons (Fsp3) is 0.103. The highest BCUT2D eigenvalue weighted by molar-refractivity contribution is 6.07. The average molecular weight is 491 g/mol. The largest absolute Gasteiger partial charge is 0.399 e. The Bertz CT molecular complexity index is 1540. The van der Waals surface area contributed by atoms with E-state index in [2.05, 4.69) is 25.9 Å². The first kappa shape index (κ1) is 23.7. The second-order valence-electron chi connectivity index (χ2n) is 8.84. The molecular formula is C29H26N6O2. The van der Waals surface area contributed by atoms with E-state index in [4.69, 9.17) is 5.73 Å². The van der Waals surface area contributed by atoms with Crippen molar-refractivity contribution in [3.8, 4) is 0 Å². The molecule has 0 aliphatic heterocycles. The summed E-state index contributed by atoms with van der Waals surface area (Å²) in [6.45, 7) is 1.88. The van der Waals surface area contributed by atoms with Gasteiger partial charge in [0, 0.05) is 22.5 Å². The van der Waals surface area contributed by atoms with Gasteiger partial charge in [0.15, 0.2) is 0 Å². The van der Waals surface area contributed by atoms with Gasteiger partial charge in [0.2, 0.25) is 5.95 Å². The number of amides is 2. The zero-order valence-corrected chi connectivity index (χ0v) is 20.2. The normalized spacial score (nSPS) is 14.9. The number of hydrogen-bond acceptors (Lipinski definition) is 6. The molecule has 0 spiro atoms. The van der Waals surface area contributed by atoms with Gasteiger partial charge in [0.1, 0.15) is 0 Å². The van der Waals surface area contributed by atoms with E-state index >= 15 is 0 Å².